The zero-order valence-electron chi connectivity index (χ0n) is 8.97. The summed E-state index contributed by atoms with van der Waals surface area (Å²) in [6, 6.07) is 5.37. The fraction of sp³-hybridized carbons (Fsp3) is 0.182. The van der Waals surface area contributed by atoms with Crippen LogP contribution in [0.25, 0.3) is 11.4 Å². The molecule has 6 heteroatoms. The van der Waals surface area contributed by atoms with Crippen molar-refractivity contribution < 1.29 is 13.2 Å². The summed E-state index contributed by atoms with van der Waals surface area (Å²) in [5, 5.41) is 2.62. The molecule has 0 aromatic carbocycles. The standard InChI is InChI=1S/C11H10F3N3/c1-15-10-6-7(11(12,13)14)5-9(17-10)8-3-2-4-16-8/h2-6,16H,1H3,(H,15,17). The third-order valence-corrected chi connectivity index (χ3v) is 2.28. The maximum absolute atomic E-state index is 12.7. The summed E-state index contributed by atoms with van der Waals surface area (Å²) in [5.74, 6) is 0.185. The topological polar surface area (TPSA) is 40.7 Å². The van der Waals surface area contributed by atoms with Gasteiger partial charge in [-0.15, -0.1) is 0 Å². The Morgan fingerprint density at radius 3 is 2.59 bits per heavy atom. The number of anilines is 1. The zero-order valence-corrected chi connectivity index (χ0v) is 8.97. The van der Waals surface area contributed by atoms with Crippen molar-refractivity contribution in [2.45, 2.75) is 6.18 Å². The van der Waals surface area contributed by atoms with Crippen LogP contribution < -0.4 is 5.32 Å². The van der Waals surface area contributed by atoms with E-state index >= 15 is 0 Å². The lowest BCUT2D eigenvalue weighted by molar-refractivity contribution is -0.137. The Morgan fingerprint density at radius 2 is 2.06 bits per heavy atom. The molecule has 0 unspecified atom stereocenters. The first-order chi connectivity index (χ1) is 8.00. The normalized spacial score (nSPS) is 11.5. The largest absolute Gasteiger partial charge is 0.416 e. The molecule has 2 aromatic rings. The second kappa shape index (κ2) is 4.12. The molecule has 90 valence electrons. The monoisotopic (exact) mass is 241 g/mol. The van der Waals surface area contributed by atoms with Crippen LogP contribution in [-0.4, -0.2) is 17.0 Å². The van der Waals surface area contributed by atoms with Gasteiger partial charge in [-0.3, -0.25) is 0 Å². The number of hydrogen-bond acceptors (Lipinski definition) is 2. The Morgan fingerprint density at radius 1 is 1.29 bits per heavy atom. The number of rotatable bonds is 2. The zero-order chi connectivity index (χ0) is 12.5. The van der Waals surface area contributed by atoms with E-state index < -0.39 is 11.7 Å². The van der Waals surface area contributed by atoms with Crippen LogP contribution in [0.4, 0.5) is 19.0 Å². The Kier molecular flexibility index (Phi) is 2.79. The van der Waals surface area contributed by atoms with E-state index in [4.69, 9.17) is 0 Å². The summed E-state index contributed by atoms with van der Waals surface area (Å²) < 4.78 is 38.0. The number of aromatic nitrogens is 2. The average molecular weight is 241 g/mol. The molecule has 0 atom stereocenters. The second-order valence-corrected chi connectivity index (χ2v) is 3.46. The van der Waals surface area contributed by atoms with Gasteiger partial charge in [0.1, 0.15) is 5.82 Å². The average Bonchev–Trinajstić information content (AvgIpc) is 2.80. The van der Waals surface area contributed by atoms with Crippen molar-refractivity contribution in [3.63, 3.8) is 0 Å². The summed E-state index contributed by atoms with van der Waals surface area (Å²) in [7, 11) is 1.53. The molecule has 0 spiro atoms. The van der Waals surface area contributed by atoms with Crippen LogP contribution in [0.3, 0.4) is 0 Å². The minimum atomic E-state index is -4.38. The van der Waals surface area contributed by atoms with Crippen LogP contribution in [0.5, 0.6) is 0 Å². The van der Waals surface area contributed by atoms with Gasteiger partial charge in [0.25, 0.3) is 0 Å². The number of hydrogen-bond donors (Lipinski definition) is 2. The van der Waals surface area contributed by atoms with Crippen molar-refractivity contribution in [1.82, 2.24) is 9.97 Å². The first-order valence-electron chi connectivity index (χ1n) is 4.91. The maximum Gasteiger partial charge on any atom is 0.416 e. The van der Waals surface area contributed by atoms with Gasteiger partial charge in [0.2, 0.25) is 0 Å². The molecule has 0 saturated carbocycles. The van der Waals surface area contributed by atoms with E-state index in [0.717, 1.165) is 12.1 Å². The lowest BCUT2D eigenvalue weighted by Crippen LogP contribution is -2.07. The molecule has 17 heavy (non-hydrogen) atoms. The minimum absolute atomic E-state index is 0.185. The van der Waals surface area contributed by atoms with Crippen molar-refractivity contribution in [1.29, 1.82) is 0 Å². The lowest BCUT2D eigenvalue weighted by atomic mass is 10.2. The molecule has 0 aliphatic carbocycles. The number of pyridine rings is 1. The van der Waals surface area contributed by atoms with Gasteiger partial charge in [-0.1, -0.05) is 0 Å². The van der Waals surface area contributed by atoms with Crippen molar-refractivity contribution in [2.75, 3.05) is 12.4 Å². The molecule has 2 aromatic heterocycles. The molecule has 0 fully saturated rings. The molecule has 3 nitrogen and oxygen atoms in total. The highest BCUT2D eigenvalue weighted by Gasteiger charge is 2.31. The molecule has 2 rings (SSSR count). The second-order valence-electron chi connectivity index (χ2n) is 3.46. The fourth-order valence-corrected chi connectivity index (χ4v) is 1.45. The van der Waals surface area contributed by atoms with Crippen LogP contribution in [0, 0.1) is 0 Å². The van der Waals surface area contributed by atoms with Crippen LogP contribution >= 0.6 is 0 Å². The van der Waals surface area contributed by atoms with Crippen LogP contribution in [0.2, 0.25) is 0 Å². The summed E-state index contributed by atoms with van der Waals surface area (Å²) >= 11 is 0. The number of H-pyrrole nitrogens is 1. The van der Waals surface area contributed by atoms with Gasteiger partial charge >= 0.3 is 6.18 Å². The van der Waals surface area contributed by atoms with Gasteiger partial charge in [0.15, 0.2) is 0 Å². The molecular formula is C11H10F3N3. The van der Waals surface area contributed by atoms with Crippen molar-refractivity contribution >= 4 is 5.82 Å². The van der Waals surface area contributed by atoms with Gasteiger partial charge in [-0.2, -0.15) is 13.2 Å². The van der Waals surface area contributed by atoms with Gasteiger partial charge in [-0.25, -0.2) is 4.98 Å². The Hall–Kier alpha value is -1.98. The summed E-state index contributed by atoms with van der Waals surface area (Å²) in [4.78, 5) is 6.89. The molecule has 0 aliphatic heterocycles. The van der Waals surface area contributed by atoms with Crippen LogP contribution in [0.1, 0.15) is 5.56 Å². The third-order valence-electron chi connectivity index (χ3n) is 2.28. The Bertz CT molecular complexity index is 503. The highest BCUT2D eigenvalue weighted by Crippen LogP contribution is 2.32. The first kappa shape index (κ1) is 11.5. The van der Waals surface area contributed by atoms with E-state index in [0.29, 0.717) is 5.69 Å². The molecule has 0 radical (unpaired) electrons. The highest BCUT2D eigenvalue weighted by atomic mass is 19.4. The number of halogens is 3. The van der Waals surface area contributed by atoms with Crippen molar-refractivity contribution in [3.8, 4) is 11.4 Å². The van der Waals surface area contributed by atoms with Crippen LogP contribution in [-0.2, 0) is 6.18 Å². The maximum atomic E-state index is 12.7. The number of aromatic amines is 1. The predicted octanol–water partition coefficient (Wildman–Crippen LogP) is 3.14. The first-order valence-corrected chi connectivity index (χ1v) is 4.91. The lowest BCUT2D eigenvalue weighted by Gasteiger charge is -2.10. The fourth-order valence-electron chi connectivity index (χ4n) is 1.45. The van der Waals surface area contributed by atoms with Crippen molar-refractivity contribution in [3.05, 3.63) is 36.0 Å². The Balaban J connectivity index is 2.54. The van der Waals surface area contributed by atoms with E-state index in [-0.39, 0.29) is 11.5 Å². The molecule has 0 bridgehead atoms. The number of alkyl halides is 3. The summed E-state index contributed by atoms with van der Waals surface area (Å²) in [6.07, 6.45) is -2.74. The number of nitrogens with one attached hydrogen (secondary N) is 2. The molecule has 0 amide bonds. The van der Waals surface area contributed by atoms with Crippen LogP contribution in [0.15, 0.2) is 30.5 Å². The van der Waals surface area contributed by atoms with Gasteiger partial charge in [0, 0.05) is 13.2 Å². The predicted molar refractivity (Wildman–Crippen MR) is 58.6 cm³/mol. The third kappa shape index (κ3) is 2.41. The Labute approximate surface area is 95.7 Å². The quantitative estimate of drug-likeness (QED) is 0.848. The van der Waals surface area contributed by atoms with Gasteiger partial charge < -0.3 is 10.3 Å². The van der Waals surface area contributed by atoms with E-state index in [1.165, 1.54) is 7.05 Å². The highest BCUT2D eigenvalue weighted by molar-refractivity contribution is 5.59. The van der Waals surface area contributed by atoms with E-state index in [1.807, 2.05) is 0 Å². The molecular weight excluding hydrogens is 231 g/mol. The molecule has 2 N–H and O–H groups in total. The van der Waals surface area contributed by atoms with Gasteiger partial charge in [-0.05, 0) is 24.3 Å². The smallest absolute Gasteiger partial charge is 0.373 e. The summed E-state index contributed by atoms with van der Waals surface area (Å²) in [5.41, 5.74) is 0.0863. The molecule has 0 aliphatic rings. The SMILES string of the molecule is CNc1cc(C(F)(F)F)cc(-c2ccc[nH]2)n1. The van der Waals surface area contributed by atoms with E-state index in [1.54, 1.807) is 18.3 Å². The molecule has 2 heterocycles. The molecule has 0 saturated heterocycles. The van der Waals surface area contributed by atoms with E-state index in [2.05, 4.69) is 15.3 Å². The van der Waals surface area contributed by atoms with E-state index in [9.17, 15) is 13.2 Å². The number of nitrogens with zero attached hydrogens (tertiary/aromatic N) is 1. The minimum Gasteiger partial charge on any atom is -0.373 e. The summed E-state index contributed by atoms with van der Waals surface area (Å²) in [6.45, 7) is 0. The van der Waals surface area contributed by atoms with Crippen molar-refractivity contribution in [2.24, 2.45) is 0 Å². The van der Waals surface area contributed by atoms with Gasteiger partial charge in [0.05, 0.1) is 17.0 Å².